The Labute approximate surface area is 78.5 Å². The highest BCUT2D eigenvalue weighted by Gasteiger charge is 2.10. The van der Waals surface area contributed by atoms with Gasteiger partial charge < -0.3 is 14.2 Å². The van der Waals surface area contributed by atoms with Crippen LogP contribution in [0, 0.1) is 0 Å². The molecular weight excluding hydrogens is 172 g/mol. The maximum Gasteiger partial charge on any atom is 0.339 e. The van der Waals surface area contributed by atoms with Crippen LogP contribution in [0.3, 0.4) is 0 Å². The SMILES string of the molecule is CCOC/C(=C/OC)C(=O)OCC. The largest absolute Gasteiger partial charge is 0.504 e. The second-order valence-corrected chi connectivity index (χ2v) is 2.24. The van der Waals surface area contributed by atoms with Gasteiger partial charge in [0.15, 0.2) is 0 Å². The summed E-state index contributed by atoms with van der Waals surface area (Å²) in [6.45, 7) is 4.74. The molecule has 0 heterocycles. The zero-order valence-corrected chi connectivity index (χ0v) is 8.33. The summed E-state index contributed by atoms with van der Waals surface area (Å²) in [7, 11) is 1.48. The Morgan fingerprint density at radius 3 is 2.46 bits per heavy atom. The number of methoxy groups -OCH3 is 1. The standard InChI is InChI=1S/C9H16O4/c1-4-12-7-8(6-11-3)9(10)13-5-2/h6H,4-5,7H2,1-3H3/b8-6-. The van der Waals surface area contributed by atoms with E-state index in [9.17, 15) is 4.79 Å². The van der Waals surface area contributed by atoms with Gasteiger partial charge in [0.05, 0.1) is 32.2 Å². The summed E-state index contributed by atoms with van der Waals surface area (Å²) in [5.41, 5.74) is 0.395. The first-order valence-electron chi connectivity index (χ1n) is 4.22. The van der Waals surface area contributed by atoms with Crippen LogP contribution in [0.5, 0.6) is 0 Å². The fourth-order valence-electron chi connectivity index (χ4n) is 0.719. The summed E-state index contributed by atoms with van der Waals surface area (Å²) in [6, 6.07) is 0. The van der Waals surface area contributed by atoms with Gasteiger partial charge in [0, 0.05) is 6.61 Å². The number of hydrogen-bond acceptors (Lipinski definition) is 4. The molecule has 0 spiro atoms. The second kappa shape index (κ2) is 7.61. The lowest BCUT2D eigenvalue weighted by molar-refractivity contribution is -0.139. The van der Waals surface area contributed by atoms with E-state index in [1.165, 1.54) is 13.4 Å². The van der Waals surface area contributed by atoms with Gasteiger partial charge in [-0.05, 0) is 13.8 Å². The number of carbonyl (C=O) groups excluding carboxylic acids is 1. The Hall–Kier alpha value is -1.03. The van der Waals surface area contributed by atoms with E-state index in [-0.39, 0.29) is 6.61 Å². The Kier molecular flexibility index (Phi) is 7.01. The van der Waals surface area contributed by atoms with E-state index in [1.807, 2.05) is 6.92 Å². The van der Waals surface area contributed by atoms with E-state index in [4.69, 9.17) is 14.2 Å². The van der Waals surface area contributed by atoms with Gasteiger partial charge >= 0.3 is 5.97 Å². The number of carbonyl (C=O) groups is 1. The van der Waals surface area contributed by atoms with E-state index >= 15 is 0 Å². The minimum absolute atomic E-state index is 0.225. The van der Waals surface area contributed by atoms with E-state index in [0.29, 0.717) is 18.8 Å². The molecule has 0 unspecified atom stereocenters. The quantitative estimate of drug-likeness (QED) is 0.356. The normalized spacial score (nSPS) is 11.2. The van der Waals surface area contributed by atoms with Gasteiger partial charge in [0.25, 0.3) is 0 Å². The van der Waals surface area contributed by atoms with E-state index in [1.54, 1.807) is 6.92 Å². The molecule has 13 heavy (non-hydrogen) atoms. The maximum atomic E-state index is 11.2. The molecule has 4 heteroatoms. The van der Waals surface area contributed by atoms with Crippen molar-refractivity contribution in [3.8, 4) is 0 Å². The van der Waals surface area contributed by atoms with E-state index < -0.39 is 5.97 Å². The average molecular weight is 188 g/mol. The van der Waals surface area contributed by atoms with E-state index in [0.717, 1.165) is 0 Å². The van der Waals surface area contributed by atoms with Crippen molar-refractivity contribution in [1.82, 2.24) is 0 Å². The first-order valence-corrected chi connectivity index (χ1v) is 4.22. The van der Waals surface area contributed by atoms with Crippen LogP contribution in [0.1, 0.15) is 13.8 Å². The third-order valence-corrected chi connectivity index (χ3v) is 1.26. The third kappa shape index (κ3) is 5.25. The molecule has 0 aromatic rings. The fourth-order valence-corrected chi connectivity index (χ4v) is 0.719. The van der Waals surface area contributed by atoms with Gasteiger partial charge in [-0.15, -0.1) is 0 Å². The van der Waals surface area contributed by atoms with Crippen LogP contribution in [0.25, 0.3) is 0 Å². The molecule has 0 saturated carbocycles. The van der Waals surface area contributed by atoms with Crippen molar-refractivity contribution in [2.75, 3.05) is 26.9 Å². The van der Waals surface area contributed by atoms with Crippen LogP contribution in [0.15, 0.2) is 11.8 Å². The lowest BCUT2D eigenvalue weighted by atomic mass is 10.3. The minimum atomic E-state index is -0.391. The molecule has 0 atom stereocenters. The lowest BCUT2D eigenvalue weighted by Crippen LogP contribution is -2.13. The first-order chi connectivity index (χ1) is 6.26. The molecule has 0 bridgehead atoms. The zero-order valence-electron chi connectivity index (χ0n) is 8.33. The number of rotatable bonds is 6. The van der Waals surface area contributed by atoms with Gasteiger partial charge in [-0.2, -0.15) is 0 Å². The van der Waals surface area contributed by atoms with Crippen LogP contribution in [0.2, 0.25) is 0 Å². The summed E-state index contributed by atoms with van der Waals surface area (Å²) in [4.78, 5) is 11.2. The molecule has 0 N–H and O–H groups in total. The summed E-state index contributed by atoms with van der Waals surface area (Å²) >= 11 is 0. The van der Waals surface area contributed by atoms with Gasteiger partial charge in [-0.1, -0.05) is 0 Å². The lowest BCUT2D eigenvalue weighted by Gasteiger charge is -2.05. The molecule has 0 radical (unpaired) electrons. The molecule has 0 rings (SSSR count). The van der Waals surface area contributed by atoms with Crippen molar-refractivity contribution in [2.45, 2.75) is 13.8 Å². The first kappa shape index (κ1) is 12.0. The molecule has 0 aliphatic rings. The van der Waals surface area contributed by atoms with Crippen LogP contribution in [0.4, 0.5) is 0 Å². The highest BCUT2D eigenvalue weighted by molar-refractivity contribution is 5.88. The Balaban J connectivity index is 4.08. The highest BCUT2D eigenvalue weighted by Crippen LogP contribution is 1.99. The number of hydrogen-bond donors (Lipinski definition) is 0. The van der Waals surface area contributed by atoms with E-state index in [2.05, 4.69) is 0 Å². The Bertz CT molecular complexity index is 174. The molecule has 0 amide bonds. The van der Waals surface area contributed by atoms with Gasteiger partial charge in [0.1, 0.15) is 0 Å². The summed E-state index contributed by atoms with van der Waals surface area (Å²) in [5.74, 6) is -0.391. The molecule has 0 aliphatic carbocycles. The van der Waals surface area contributed by atoms with Crippen molar-refractivity contribution in [1.29, 1.82) is 0 Å². The molecule has 0 saturated heterocycles. The topological polar surface area (TPSA) is 44.8 Å². The smallest absolute Gasteiger partial charge is 0.339 e. The predicted octanol–water partition coefficient (Wildman–Crippen LogP) is 1.12. The molecule has 0 aliphatic heterocycles. The van der Waals surface area contributed by atoms with Crippen molar-refractivity contribution < 1.29 is 19.0 Å². The number of ether oxygens (including phenoxy) is 3. The van der Waals surface area contributed by atoms with Crippen molar-refractivity contribution >= 4 is 5.97 Å². The molecule has 0 aromatic carbocycles. The van der Waals surface area contributed by atoms with Crippen LogP contribution < -0.4 is 0 Å². The zero-order chi connectivity index (χ0) is 10.1. The van der Waals surface area contributed by atoms with Crippen LogP contribution in [-0.2, 0) is 19.0 Å². The highest BCUT2D eigenvalue weighted by atomic mass is 16.5. The van der Waals surface area contributed by atoms with Gasteiger partial charge in [-0.25, -0.2) is 4.79 Å². The number of esters is 1. The monoisotopic (exact) mass is 188 g/mol. The summed E-state index contributed by atoms with van der Waals surface area (Å²) in [6.07, 6.45) is 1.34. The molecule has 0 aromatic heterocycles. The van der Waals surface area contributed by atoms with Gasteiger partial charge in [0.2, 0.25) is 0 Å². The summed E-state index contributed by atoms with van der Waals surface area (Å²) < 4.78 is 14.6. The predicted molar refractivity (Wildman–Crippen MR) is 48.2 cm³/mol. The molecule has 76 valence electrons. The van der Waals surface area contributed by atoms with Gasteiger partial charge in [-0.3, -0.25) is 0 Å². The molecule has 0 fully saturated rings. The average Bonchev–Trinajstić information content (AvgIpc) is 2.12. The maximum absolute atomic E-state index is 11.2. The minimum Gasteiger partial charge on any atom is -0.504 e. The third-order valence-electron chi connectivity index (χ3n) is 1.26. The van der Waals surface area contributed by atoms with Crippen molar-refractivity contribution in [3.63, 3.8) is 0 Å². The summed E-state index contributed by atoms with van der Waals surface area (Å²) in [5, 5.41) is 0. The Morgan fingerprint density at radius 2 is 2.00 bits per heavy atom. The van der Waals surface area contributed by atoms with Crippen molar-refractivity contribution in [2.24, 2.45) is 0 Å². The molecule has 4 nitrogen and oxygen atoms in total. The fraction of sp³-hybridized carbons (Fsp3) is 0.667. The van der Waals surface area contributed by atoms with Crippen LogP contribution >= 0.6 is 0 Å². The second-order valence-electron chi connectivity index (χ2n) is 2.24. The Morgan fingerprint density at radius 1 is 1.31 bits per heavy atom. The molecular formula is C9H16O4. The van der Waals surface area contributed by atoms with Crippen molar-refractivity contribution in [3.05, 3.63) is 11.8 Å². The van der Waals surface area contributed by atoms with Crippen LogP contribution in [-0.4, -0.2) is 32.9 Å².